The minimum Gasteiger partial charge on any atom is -0.508 e. The van der Waals surface area contributed by atoms with Crippen LogP contribution in [0.4, 0.5) is 0 Å². The third-order valence-electron chi connectivity index (χ3n) is 2.24. The van der Waals surface area contributed by atoms with Gasteiger partial charge in [0.1, 0.15) is 11.5 Å². The van der Waals surface area contributed by atoms with Gasteiger partial charge in [-0.2, -0.15) is 0 Å². The van der Waals surface area contributed by atoms with Crippen LogP contribution in [0.3, 0.4) is 0 Å². The summed E-state index contributed by atoms with van der Waals surface area (Å²) in [6.07, 6.45) is 0. The van der Waals surface area contributed by atoms with Crippen LogP contribution >= 0.6 is 15.9 Å². The van der Waals surface area contributed by atoms with E-state index in [0.29, 0.717) is 22.4 Å². The monoisotopic (exact) mass is 294 g/mol. The molecule has 0 unspecified atom stereocenters. The second kappa shape index (κ2) is 5.10. The van der Waals surface area contributed by atoms with Crippen molar-refractivity contribution >= 4 is 15.9 Å². The van der Waals surface area contributed by atoms with Gasteiger partial charge in [0.2, 0.25) is 0 Å². The van der Waals surface area contributed by atoms with E-state index >= 15 is 0 Å². The van der Waals surface area contributed by atoms with E-state index in [2.05, 4.69) is 15.9 Å². The summed E-state index contributed by atoms with van der Waals surface area (Å²) in [5, 5.41) is 19.6. The maximum absolute atomic E-state index is 9.76. The van der Waals surface area contributed by atoms with E-state index in [1.807, 2.05) is 18.2 Å². The summed E-state index contributed by atoms with van der Waals surface area (Å²) in [5.41, 5.74) is 0.686. The molecule has 17 heavy (non-hydrogen) atoms. The first-order valence-corrected chi connectivity index (χ1v) is 6.16. The van der Waals surface area contributed by atoms with Gasteiger partial charge in [0.05, 0.1) is 0 Å². The number of ether oxygens (including phenoxy) is 1. The van der Waals surface area contributed by atoms with Crippen molar-refractivity contribution in [1.29, 1.82) is 0 Å². The molecule has 0 saturated heterocycles. The highest BCUT2D eigenvalue weighted by Gasteiger charge is 2.11. The zero-order valence-corrected chi connectivity index (χ0v) is 10.5. The number of phenols is 2. The Morgan fingerprint density at radius 3 is 2.41 bits per heavy atom. The molecule has 0 aliphatic rings. The summed E-state index contributed by atoms with van der Waals surface area (Å²) in [5.74, 6) is 0.919. The van der Waals surface area contributed by atoms with E-state index in [1.165, 1.54) is 6.07 Å². The molecule has 3 nitrogen and oxygen atoms in total. The lowest BCUT2D eigenvalue weighted by Gasteiger charge is -2.11. The van der Waals surface area contributed by atoms with Crippen molar-refractivity contribution in [2.24, 2.45) is 0 Å². The fraction of sp³-hybridized carbons (Fsp3) is 0.0769. The molecule has 4 heteroatoms. The van der Waals surface area contributed by atoms with Crippen LogP contribution in [0.25, 0.3) is 0 Å². The Morgan fingerprint density at radius 1 is 1.06 bits per heavy atom. The summed E-state index contributed by atoms with van der Waals surface area (Å²) in [4.78, 5) is 0. The number of phenolic OH excluding ortho intramolecular Hbond substituents is 2. The van der Waals surface area contributed by atoms with Crippen LogP contribution < -0.4 is 4.74 Å². The number of rotatable bonds is 3. The number of halogens is 1. The third-order valence-corrected chi connectivity index (χ3v) is 2.84. The molecule has 2 aromatic carbocycles. The van der Waals surface area contributed by atoms with Gasteiger partial charge in [-0.05, 0) is 18.2 Å². The van der Waals surface area contributed by atoms with Gasteiger partial charge in [-0.3, -0.25) is 0 Å². The Labute approximate surface area is 107 Å². The molecule has 0 bridgehead atoms. The first-order valence-electron chi connectivity index (χ1n) is 5.04. The Kier molecular flexibility index (Phi) is 3.54. The number of hydrogen-bond acceptors (Lipinski definition) is 3. The molecule has 88 valence electrons. The van der Waals surface area contributed by atoms with Crippen LogP contribution in [0, 0.1) is 0 Å². The molecule has 0 saturated carbocycles. The zero-order chi connectivity index (χ0) is 12.3. The quantitative estimate of drug-likeness (QED) is 0.847. The van der Waals surface area contributed by atoms with Gasteiger partial charge in [-0.15, -0.1) is 0 Å². The maximum Gasteiger partial charge on any atom is 0.173 e. The summed E-state index contributed by atoms with van der Waals surface area (Å²) in [6.45, 7) is 0. The van der Waals surface area contributed by atoms with Crippen molar-refractivity contribution in [3.63, 3.8) is 0 Å². The molecule has 0 spiro atoms. The lowest BCUT2D eigenvalue weighted by Crippen LogP contribution is -1.90. The molecule has 0 amide bonds. The van der Waals surface area contributed by atoms with Crippen molar-refractivity contribution < 1.29 is 14.9 Å². The SMILES string of the molecule is Oc1cc(O)c(Oc2ccccc2)c(CBr)c1. The Morgan fingerprint density at radius 2 is 1.76 bits per heavy atom. The molecular weight excluding hydrogens is 284 g/mol. The molecule has 0 aromatic heterocycles. The van der Waals surface area contributed by atoms with E-state index in [1.54, 1.807) is 18.2 Å². The second-order valence-electron chi connectivity index (χ2n) is 3.50. The smallest absolute Gasteiger partial charge is 0.173 e. The average molecular weight is 295 g/mol. The van der Waals surface area contributed by atoms with Gasteiger partial charge < -0.3 is 14.9 Å². The van der Waals surface area contributed by atoms with Crippen molar-refractivity contribution in [2.45, 2.75) is 5.33 Å². The summed E-state index contributed by atoms with van der Waals surface area (Å²) in [6, 6.07) is 12.0. The maximum atomic E-state index is 9.76. The molecule has 0 heterocycles. The lowest BCUT2D eigenvalue weighted by molar-refractivity contribution is 0.400. The average Bonchev–Trinajstić information content (AvgIpc) is 2.33. The van der Waals surface area contributed by atoms with E-state index in [0.717, 1.165) is 0 Å². The summed E-state index contributed by atoms with van der Waals surface area (Å²) in [7, 11) is 0. The molecule has 0 fully saturated rings. The van der Waals surface area contributed by atoms with Crippen molar-refractivity contribution in [1.82, 2.24) is 0 Å². The topological polar surface area (TPSA) is 49.7 Å². The van der Waals surface area contributed by atoms with E-state index in [9.17, 15) is 10.2 Å². The minimum absolute atomic E-state index is 0.0114. The van der Waals surface area contributed by atoms with Gasteiger partial charge in [-0.25, -0.2) is 0 Å². The number of aromatic hydroxyl groups is 2. The molecule has 0 radical (unpaired) electrons. The molecule has 2 N–H and O–H groups in total. The fourth-order valence-corrected chi connectivity index (χ4v) is 1.90. The number of hydrogen-bond donors (Lipinski definition) is 2. The largest absolute Gasteiger partial charge is 0.508 e. The summed E-state index contributed by atoms with van der Waals surface area (Å²) >= 11 is 3.29. The van der Waals surface area contributed by atoms with Crippen molar-refractivity contribution in [3.8, 4) is 23.0 Å². The van der Waals surface area contributed by atoms with Crippen LogP contribution in [-0.2, 0) is 5.33 Å². The van der Waals surface area contributed by atoms with E-state index < -0.39 is 0 Å². The first-order chi connectivity index (χ1) is 8.20. The number of benzene rings is 2. The van der Waals surface area contributed by atoms with Gasteiger partial charge >= 0.3 is 0 Å². The zero-order valence-electron chi connectivity index (χ0n) is 8.93. The van der Waals surface area contributed by atoms with Crippen LogP contribution in [-0.4, -0.2) is 10.2 Å². The highest BCUT2D eigenvalue weighted by atomic mass is 79.9. The van der Waals surface area contributed by atoms with Crippen molar-refractivity contribution in [2.75, 3.05) is 0 Å². The molecule has 0 aliphatic carbocycles. The molecular formula is C13H11BrO3. The van der Waals surface area contributed by atoms with Crippen LogP contribution in [0.2, 0.25) is 0 Å². The van der Waals surface area contributed by atoms with Gasteiger partial charge in [0.25, 0.3) is 0 Å². The highest BCUT2D eigenvalue weighted by molar-refractivity contribution is 9.08. The normalized spacial score (nSPS) is 10.2. The van der Waals surface area contributed by atoms with Crippen LogP contribution in [0.5, 0.6) is 23.0 Å². The van der Waals surface area contributed by atoms with Crippen LogP contribution in [0.15, 0.2) is 42.5 Å². The molecule has 0 atom stereocenters. The third kappa shape index (κ3) is 2.71. The van der Waals surface area contributed by atoms with Crippen LogP contribution in [0.1, 0.15) is 5.56 Å². The summed E-state index contributed by atoms with van der Waals surface area (Å²) < 4.78 is 5.60. The first kappa shape index (κ1) is 11.8. The second-order valence-corrected chi connectivity index (χ2v) is 4.06. The van der Waals surface area contributed by atoms with E-state index in [-0.39, 0.29) is 11.5 Å². The minimum atomic E-state index is -0.0803. The Balaban J connectivity index is 2.38. The van der Waals surface area contributed by atoms with E-state index in [4.69, 9.17) is 4.74 Å². The standard InChI is InChI=1S/C13H11BrO3/c14-8-9-6-10(15)7-12(16)13(9)17-11-4-2-1-3-5-11/h1-7,15-16H,8H2. The molecule has 0 aliphatic heterocycles. The van der Waals surface area contributed by atoms with Crippen molar-refractivity contribution in [3.05, 3.63) is 48.0 Å². The Hall–Kier alpha value is -1.68. The van der Waals surface area contributed by atoms with Gasteiger partial charge in [0, 0.05) is 17.0 Å². The predicted octanol–water partition coefficient (Wildman–Crippen LogP) is 3.79. The lowest BCUT2D eigenvalue weighted by atomic mass is 10.2. The predicted molar refractivity (Wildman–Crippen MR) is 68.9 cm³/mol. The Bertz CT molecular complexity index is 512. The molecule has 2 rings (SSSR count). The highest BCUT2D eigenvalue weighted by Crippen LogP contribution is 2.38. The van der Waals surface area contributed by atoms with Gasteiger partial charge in [0.15, 0.2) is 11.5 Å². The fourth-order valence-electron chi connectivity index (χ4n) is 1.48. The van der Waals surface area contributed by atoms with Gasteiger partial charge in [-0.1, -0.05) is 34.1 Å². The number of alkyl halides is 1. The molecule has 2 aromatic rings. The number of para-hydroxylation sites is 1.